The van der Waals surface area contributed by atoms with Gasteiger partial charge in [0.25, 0.3) is 0 Å². The molecule has 0 amide bonds. The van der Waals surface area contributed by atoms with E-state index in [-0.39, 0.29) is 17.1 Å². The molecule has 2 rings (SSSR count). The van der Waals surface area contributed by atoms with Gasteiger partial charge in [0.05, 0.1) is 13.0 Å². The lowest BCUT2D eigenvalue weighted by atomic mass is 10.0. The fourth-order valence-corrected chi connectivity index (χ4v) is 2.59. The van der Waals surface area contributed by atoms with Crippen LogP contribution in [0.4, 0.5) is 0 Å². The number of hydrogen-bond donors (Lipinski definition) is 2. The van der Waals surface area contributed by atoms with E-state index in [0.717, 1.165) is 0 Å². The standard InChI is InChI=1S/C13H16O4/c1-13(2)10(11(13)12(15)16)8-6-7(17-3)4-5-9(8)14/h4-6,10-11,14H,1-3H3,(H,15,16)/t10-,11+/m0/s1. The van der Waals surface area contributed by atoms with Gasteiger partial charge in [-0.2, -0.15) is 0 Å². The number of phenolic OH excluding ortho intramolecular Hbond substituents is 1. The molecule has 2 atom stereocenters. The van der Waals surface area contributed by atoms with E-state index in [4.69, 9.17) is 9.84 Å². The SMILES string of the molecule is COc1ccc(O)c([C@H]2[C@H](C(=O)O)C2(C)C)c1. The number of hydrogen-bond acceptors (Lipinski definition) is 3. The predicted octanol–water partition coefficient (Wildman–Crippen LogP) is 2.22. The first-order chi connectivity index (χ1) is 7.89. The Labute approximate surface area is 99.8 Å². The van der Waals surface area contributed by atoms with Crippen LogP contribution in [0.5, 0.6) is 11.5 Å². The van der Waals surface area contributed by atoms with Crippen LogP contribution < -0.4 is 4.74 Å². The number of rotatable bonds is 3. The minimum absolute atomic E-state index is 0.132. The van der Waals surface area contributed by atoms with Crippen molar-refractivity contribution >= 4 is 5.97 Å². The molecule has 1 aromatic rings. The number of carboxylic acids is 1. The van der Waals surface area contributed by atoms with Gasteiger partial charge in [-0.3, -0.25) is 4.79 Å². The summed E-state index contributed by atoms with van der Waals surface area (Å²) in [7, 11) is 1.54. The van der Waals surface area contributed by atoms with Crippen LogP contribution in [0.3, 0.4) is 0 Å². The second kappa shape index (κ2) is 3.65. The summed E-state index contributed by atoms with van der Waals surface area (Å²) < 4.78 is 5.09. The molecule has 1 aliphatic rings. The van der Waals surface area contributed by atoms with Crippen LogP contribution >= 0.6 is 0 Å². The largest absolute Gasteiger partial charge is 0.508 e. The predicted molar refractivity (Wildman–Crippen MR) is 62.3 cm³/mol. The number of aromatic hydroxyl groups is 1. The normalized spacial score (nSPS) is 25.4. The fourth-order valence-electron chi connectivity index (χ4n) is 2.59. The van der Waals surface area contributed by atoms with Crippen molar-refractivity contribution in [1.82, 2.24) is 0 Å². The third-order valence-electron chi connectivity index (χ3n) is 3.66. The van der Waals surface area contributed by atoms with Gasteiger partial charge in [-0.05, 0) is 23.6 Å². The van der Waals surface area contributed by atoms with E-state index in [9.17, 15) is 9.90 Å². The van der Waals surface area contributed by atoms with Crippen molar-refractivity contribution < 1.29 is 19.7 Å². The highest BCUT2D eigenvalue weighted by Gasteiger charge is 2.63. The van der Waals surface area contributed by atoms with Crippen molar-refractivity contribution in [3.63, 3.8) is 0 Å². The highest BCUT2D eigenvalue weighted by atomic mass is 16.5. The molecule has 0 bridgehead atoms. The lowest BCUT2D eigenvalue weighted by Gasteiger charge is -2.08. The minimum atomic E-state index is -0.817. The molecule has 0 aliphatic heterocycles. The molecule has 0 heterocycles. The van der Waals surface area contributed by atoms with E-state index in [0.29, 0.717) is 11.3 Å². The Bertz CT molecular complexity index is 464. The van der Waals surface area contributed by atoms with Gasteiger partial charge >= 0.3 is 5.97 Å². The van der Waals surface area contributed by atoms with E-state index in [1.165, 1.54) is 0 Å². The Kier molecular flexibility index (Phi) is 2.53. The van der Waals surface area contributed by atoms with Gasteiger partial charge in [0.2, 0.25) is 0 Å². The minimum Gasteiger partial charge on any atom is -0.508 e. The average Bonchev–Trinajstić information content (AvgIpc) is 2.82. The maximum atomic E-state index is 11.1. The maximum absolute atomic E-state index is 11.1. The number of phenols is 1. The molecule has 2 N–H and O–H groups in total. The fraction of sp³-hybridized carbons (Fsp3) is 0.462. The summed E-state index contributed by atoms with van der Waals surface area (Å²) in [5.41, 5.74) is 0.331. The Morgan fingerprint density at radius 3 is 2.53 bits per heavy atom. The second-order valence-corrected chi connectivity index (χ2v) is 5.04. The van der Waals surface area contributed by atoms with Gasteiger partial charge in [0, 0.05) is 11.5 Å². The molecule has 0 spiro atoms. The number of aliphatic carboxylic acids is 1. The molecular weight excluding hydrogens is 220 g/mol. The van der Waals surface area contributed by atoms with Crippen LogP contribution in [0.25, 0.3) is 0 Å². The van der Waals surface area contributed by atoms with Crippen molar-refractivity contribution in [2.75, 3.05) is 7.11 Å². The lowest BCUT2D eigenvalue weighted by molar-refractivity contribution is -0.139. The summed E-state index contributed by atoms with van der Waals surface area (Å²) in [4.78, 5) is 11.1. The van der Waals surface area contributed by atoms with E-state index >= 15 is 0 Å². The number of benzene rings is 1. The van der Waals surface area contributed by atoms with Crippen LogP contribution in [0.2, 0.25) is 0 Å². The summed E-state index contributed by atoms with van der Waals surface area (Å²) >= 11 is 0. The van der Waals surface area contributed by atoms with Gasteiger partial charge in [0.1, 0.15) is 11.5 Å². The molecule has 92 valence electrons. The van der Waals surface area contributed by atoms with Crippen LogP contribution in [-0.2, 0) is 4.79 Å². The van der Waals surface area contributed by atoms with E-state index in [1.54, 1.807) is 25.3 Å². The molecule has 0 radical (unpaired) electrons. The Morgan fingerprint density at radius 1 is 1.41 bits per heavy atom. The average molecular weight is 236 g/mol. The molecule has 1 aromatic carbocycles. The first-order valence-electron chi connectivity index (χ1n) is 5.49. The van der Waals surface area contributed by atoms with E-state index in [2.05, 4.69) is 0 Å². The van der Waals surface area contributed by atoms with Gasteiger partial charge in [-0.15, -0.1) is 0 Å². The van der Waals surface area contributed by atoms with Crippen LogP contribution in [0.1, 0.15) is 25.3 Å². The molecule has 4 nitrogen and oxygen atoms in total. The number of carbonyl (C=O) groups is 1. The molecule has 1 fully saturated rings. The van der Waals surface area contributed by atoms with E-state index < -0.39 is 11.9 Å². The molecule has 17 heavy (non-hydrogen) atoms. The zero-order valence-electron chi connectivity index (χ0n) is 10.1. The van der Waals surface area contributed by atoms with Crippen molar-refractivity contribution in [3.05, 3.63) is 23.8 Å². The summed E-state index contributed by atoms with van der Waals surface area (Å²) in [6.07, 6.45) is 0. The zero-order valence-corrected chi connectivity index (χ0v) is 10.1. The van der Waals surface area contributed by atoms with Gasteiger partial charge in [-0.1, -0.05) is 13.8 Å². The monoisotopic (exact) mass is 236 g/mol. The lowest BCUT2D eigenvalue weighted by Crippen LogP contribution is -2.03. The molecule has 0 aromatic heterocycles. The topological polar surface area (TPSA) is 66.8 Å². The van der Waals surface area contributed by atoms with Crippen molar-refractivity contribution in [2.24, 2.45) is 11.3 Å². The summed E-state index contributed by atoms with van der Waals surface area (Å²) in [5.74, 6) is -0.657. The zero-order chi connectivity index (χ0) is 12.8. The Morgan fingerprint density at radius 2 is 2.06 bits per heavy atom. The van der Waals surface area contributed by atoms with Gasteiger partial charge < -0.3 is 14.9 Å². The van der Waals surface area contributed by atoms with Crippen LogP contribution in [0.15, 0.2) is 18.2 Å². The van der Waals surface area contributed by atoms with Crippen molar-refractivity contribution in [1.29, 1.82) is 0 Å². The third kappa shape index (κ3) is 1.73. The van der Waals surface area contributed by atoms with Gasteiger partial charge in [-0.25, -0.2) is 0 Å². The third-order valence-corrected chi connectivity index (χ3v) is 3.66. The molecular formula is C13H16O4. The summed E-state index contributed by atoms with van der Waals surface area (Å²) in [5, 5.41) is 18.9. The molecule has 0 unspecified atom stereocenters. The molecule has 4 heteroatoms. The van der Waals surface area contributed by atoms with E-state index in [1.807, 2.05) is 13.8 Å². The molecule has 1 aliphatic carbocycles. The number of carboxylic acid groups (broad SMARTS) is 1. The van der Waals surface area contributed by atoms with Crippen LogP contribution in [0, 0.1) is 11.3 Å². The smallest absolute Gasteiger partial charge is 0.307 e. The Hall–Kier alpha value is -1.71. The van der Waals surface area contributed by atoms with Crippen LogP contribution in [-0.4, -0.2) is 23.3 Å². The van der Waals surface area contributed by atoms with Crippen molar-refractivity contribution in [2.45, 2.75) is 19.8 Å². The van der Waals surface area contributed by atoms with Crippen molar-refractivity contribution in [3.8, 4) is 11.5 Å². The molecule has 1 saturated carbocycles. The Balaban J connectivity index is 2.39. The second-order valence-electron chi connectivity index (χ2n) is 5.04. The van der Waals surface area contributed by atoms with Gasteiger partial charge in [0.15, 0.2) is 0 Å². The summed E-state index contributed by atoms with van der Waals surface area (Å²) in [6.45, 7) is 3.80. The quantitative estimate of drug-likeness (QED) is 0.844. The first-order valence-corrected chi connectivity index (χ1v) is 5.49. The first kappa shape index (κ1) is 11.8. The highest BCUT2D eigenvalue weighted by molar-refractivity contribution is 5.78. The number of methoxy groups -OCH3 is 1. The highest BCUT2D eigenvalue weighted by Crippen LogP contribution is 2.65. The maximum Gasteiger partial charge on any atom is 0.307 e. The molecule has 0 saturated heterocycles. The number of ether oxygens (including phenoxy) is 1. The summed E-state index contributed by atoms with van der Waals surface area (Å²) in [6, 6.07) is 4.91.